The molecule has 0 aromatic heterocycles. The van der Waals surface area contributed by atoms with Crippen LogP contribution in [0.15, 0.2) is 29.2 Å². The molecule has 1 rings (SSSR count). The molecular formula is C13H19NOS2. The van der Waals surface area contributed by atoms with Gasteiger partial charge < -0.3 is 10.5 Å². The molecule has 0 fully saturated rings. The van der Waals surface area contributed by atoms with E-state index < -0.39 is 0 Å². The molecule has 0 heterocycles. The summed E-state index contributed by atoms with van der Waals surface area (Å²) in [6, 6.07) is 8.08. The van der Waals surface area contributed by atoms with E-state index in [0.717, 1.165) is 12.2 Å². The van der Waals surface area contributed by atoms with Gasteiger partial charge in [-0.1, -0.05) is 26.1 Å². The maximum Gasteiger partial charge on any atom is 0.119 e. The van der Waals surface area contributed by atoms with E-state index in [1.807, 2.05) is 26.0 Å². The Morgan fingerprint density at radius 2 is 1.94 bits per heavy atom. The van der Waals surface area contributed by atoms with E-state index in [2.05, 4.69) is 18.4 Å². The van der Waals surface area contributed by atoms with Gasteiger partial charge in [0.1, 0.15) is 5.75 Å². The molecule has 94 valence electrons. The number of ether oxygens (including phenoxy) is 1. The number of thioether (sulfide) groups is 1. The first kappa shape index (κ1) is 14.3. The maximum absolute atomic E-state index is 5.67. The standard InChI is InChI=1S/C13H19NOS2/c1-13(2,12(14)16)8-9-15-10-4-6-11(17-3)7-5-10/h4-7H,8-9H2,1-3H3,(H2,14,16). The maximum atomic E-state index is 5.67. The van der Waals surface area contributed by atoms with Crippen molar-refractivity contribution in [2.24, 2.45) is 11.1 Å². The van der Waals surface area contributed by atoms with Crippen LogP contribution in [0, 0.1) is 5.41 Å². The first-order chi connectivity index (χ1) is 7.95. The summed E-state index contributed by atoms with van der Waals surface area (Å²) < 4.78 is 5.67. The highest BCUT2D eigenvalue weighted by atomic mass is 32.2. The summed E-state index contributed by atoms with van der Waals surface area (Å²) in [4.78, 5) is 1.78. The van der Waals surface area contributed by atoms with Crippen molar-refractivity contribution in [1.29, 1.82) is 0 Å². The molecule has 0 unspecified atom stereocenters. The van der Waals surface area contributed by atoms with Gasteiger partial charge in [-0.05, 0) is 36.9 Å². The van der Waals surface area contributed by atoms with Crippen LogP contribution >= 0.6 is 24.0 Å². The van der Waals surface area contributed by atoms with Crippen molar-refractivity contribution in [3.05, 3.63) is 24.3 Å². The molecule has 2 N–H and O–H groups in total. The number of benzene rings is 1. The van der Waals surface area contributed by atoms with Gasteiger partial charge in [0, 0.05) is 10.3 Å². The molecule has 0 saturated heterocycles. The third-order valence-corrected chi connectivity index (χ3v) is 4.02. The van der Waals surface area contributed by atoms with Crippen LogP contribution in [0.25, 0.3) is 0 Å². The minimum absolute atomic E-state index is 0.144. The van der Waals surface area contributed by atoms with Gasteiger partial charge in [-0.15, -0.1) is 11.8 Å². The molecule has 0 radical (unpaired) electrons. The van der Waals surface area contributed by atoms with Gasteiger partial charge in [0.2, 0.25) is 0 Å². The normalized spacial score (nSPS) is 11.2. The molecule has 0 saturated carbocycles. The molecule has 0 bridgehead atoms. The molecule has 0 aliphatic heterocycles. The van der Waals surface area contributed by atoms with E-state index in [4.69, 9.17) is 22.7 Å². The largest absolute Gasteiger partial charge is 0.494 e. The minimum Gasteiger partial charge on any atom is -0.494 e. The van der Waals surface area contributed by atoms with Gasteiger partial charge >= 0.3 is 0 Å². The molecule has 1 aromatic rings. The summed E-state index contributed by atoms with van der Waals surface area (Å²) in [5.41, 5.74) is 5.52. The fraction of sp³-hybridized carbons (Fsp3) is 0.462. The minimum atomic E-state index is -0.144. The van der Waals surface area contributed by atoms with E-state index in [0.29, 0.717) is 11.6 Å². The zero-order valence-electron chi connectivity index (χ0n) is 10.5. The molecule has 0 amide bonds. The van der Waals surface area contributed by atoms with Crippen molar-refractivity contribution >= 4 is 29.0 Å². The fourth-order valence-electron chi connectivity index (χ4n) is 1.22. The van der Waals surface area contributed by atoms with Crippen LogP contribution in [0.3, 0.4) is 0 Å². The lowest BCUT2D eigenvalue weighted by Crippen LogP contribution is -2.31. The van der Waals surface area contributed by atoms with Crippen LogP contribution in [0.2, 0.25) is 0 Å². The second-order valence-electron chi connectivity index (χ2n) is 4.52. The third-order valence-electron chi connectivity index (χ3n) is 2.72. The Hall–Kier alpha value is -0.740. The predicted molar refractivity (Wildman–Crippen MR) is 78.9 cm³/mol. The number of hydrogen-bond donors (Lipinski definition) is 1. The van der Waals surface area contributed by atoms with Crippen molar-refractivity contribution in [1.82, 2.24) is 0 Å². The second-order valence-corrected chi connectivity index (χ2v) is 5.84. The van der Waals surface area contributed by atoms with E-state index in [9.17, 15) is 0 Å². The van der Waals surface area contributed by atoms with E-state index in [-0.39, 0.29) is 5.41 Å². The Morgan fingerprint density at radius 3 is 2.41 bits per heavy atom. The molecule has 0 aliphatic carbocycles. The smallest absolute Gasteiger partial charge is 0.119 e. The number of rotatable bonds is 6. The Bertz CT molecular complexity index is 374. The number of thiocarbonyl (C=S) groups is 1. The summed E-state index contributed by atoms with van der Waals surface area (Å²) in [5, 5.41) is 0. The van der Waals surface area contributed by atoms with E-state index >= 15 is 0 Å². The molecule has 4 heteroatoms. The fourth-order valence-corrected chi connectivity index (χ4v) is 1.73. The van der Waals surface area contributed by atoms with Crippen molar-refractivity contribution < 1.29 is 4.74 Å². The highest BCUT2D eigenvalue weighted by Crippen LogP contribution is 2.22. The molecule has 1 aromatic carbocycles. The zero-order chi connectivity index (χ0) is 12.9. The van der Waals surface area contributed by atoms with Crippen molar-refractivity contribution in [3.63, 3.8) is 0 Å². The lowest BCUT2D eigenvalue weighted by atomic mass is 9.90. The number of nitrogens with two attached hydrogens (primary N) is 1. The van der Waals surface area contributed by atoms with Crippen LogP contribution in [-0.2, 0) is 0 Å². The Kier molecular flexibility index (Phi) is 5.28. The van der Waals surface area contributed by atoms with Crippen LogP contribution in [0.5, 0.6) is 5.75 Å². The molecule has 0 atom stereocenters. The molecule has 17 heavy (non-hydrogen) atoms. The van der Waals surface area contributed by atoms with E-state index in [1.165, 1.54) is 4.90 Å². The molecular weight excluding hydrogens is 250 g/mol. The summed E-state index contributed by atoms with van der Waals surface area (Å²) in [7, 11) is 0. The lowest BCUT2D eigenvalue weighted by Gasteiger charge is -2.22. The quantitative estimate of drug-likeness (QED) is 0.633. The van der Waals surface area contributed by atoms with Gasteiger partial charge in [-0.3, -0.25) is 0 Å². The number of hydrogen-bond acceptors (Lipinski definition) is 3. The molecule has 2 nitrogen and oxygen atoms in total. The average molecular weight is 269 g/mol. The van der Waals surface area contributed by atoms with Gasteiger partial charge in [0.15, 0.2) is 0 Å². The zero-order valence-corrected chi connectivity index (χ0v) is 12.2. The summed E-state index contributed by atoms with van der Waals surface area (Å²) >= 11 is 6.73. The first-order valence-electron chi connectivity index (χ1n) is 5.52. The Balaban J connectivity index is 2.43. The summed E-state index contributed by atoms with van der Waals surface area (Å²) in [5.74, 6) is 0.890. The second kappa shape index (κ2) is 6.26. The topological polar surface area (TPSA) is 35.2 Å². The van der Waals surface area contributed by atoms with Crippen LogP contribution in [0.4, 0.5) is 0 Å². The average Bonchev–Trinajstić information content (AvgIpc) is 2.29. The highest BCUT2D eigenvalue weighted by molar-refractivity contribution is 7.98. The van der Waals surface area contributed by atoms with Crippen LogP contribution in [0.1, 0.15) is 20.3 Å². The molecule has 0 spiro atoms. The van der Waals surface area contributed by atoms with Crippen LogP contribution in [-0.4, -0.2) is 17.9 Å². The van der Waals surface area contributed by atoms with Crippen LogP contribution < -0.4 is 10.5 Å². The van der Waals surface area contributed by atoms with Gasteiger partial charge in [-0.2, -0.15) is 0 Å². The highest BCUT2D eigenvalue weighted by Gasteiger charge is 2.20. The SMILES string of the molecule is CSc1ccc(OCCC(C)(C)C(N)=S)cc1. The van der Waals surface area contributed by atoms with Gasteiger partial charge in [0.05, 0.1) is 11.6 Å². The van der Waals surface area contributed by atoms with Crippen molar-refractivity contribution in [2.45, 2.75) is 25.2 Å². The lowest BCUT2D eigenvalue weighted by molar-refractivity contribution is 0.270. The summed E-state index contributed by atoms with van der Waals surface area (Å²) in [6.07, 6.45) is 2.88. The predicted octanol–water partition coefficient (Wildman–Crippen LogP) is 3.49. The van der Waals surface area contributed by atoms with Crippen molar-refractivity contribution in [2.75, 3.05) is 12.9 Å². The van der Waals surface area contributed by atoms with Gasteiger partial charge in [0.25, 0.3) is 0 Å². The first-order valence-corrected chi connectivity index (χ1v) is 7.16. The Labute approximate surface area is 113 Å². The van der Waals surface area contributed by atoms with Crippen molar-refractivity contribution in [3.8, 4) is 5.75 Å². The third kappa shape index (κ3) is 4.56. The van der Waals surface area contributed by atoms with E-state index in [1.54, 1.807) is 11.8 Å². The summed E-state index contributed by atoms with van der Waals surface area (Å²) in [6.45, 7) is 4.70. The molecule has 0 aliphatic rings. The monoisotopic (exact) mass is 269 g/mol. The van der Waals surface area contributed by atoms with Gasteiger partial charge in [-0.25, -0.2) is 0 Å². The Morgan fingerprint density at radius 1 is 1.35 bits per heavy atom.